The van der Waals surface area contributed by atoms with E-state index in [4.69, 9.17) is 4.74 Å². The molecular formula is C17H16BrNO2S. The third kappa shape index (κ3) is 2.51. The molecule has 22 heavy (non-hydrogen) atoms. The monoisotopic (exact) mass is 377 g/mol. The molecule has 0 bridgehead atoms. The van der Waals surface area contributed by atoms with Gasteiger partial charge in [0, 0.05) is 36.9 Å². The van der Waals surface area contributed by atoms with Gasteiger partial charge in [-0.2, -0.15) is 0 Å². The van der Waals surface area contributed by atoms with E-state index >= 15 is 0 Å². The van der Waals surface area contributed by atoms with E-state index < -0.39 is 0 Å². The van der Waals surface area contributed by atoms with Crippen LogP contribution in [-0.4, -0.2) is 37.0 Å². The third-order valence-electron chi connectivity index (χ3n) is 4.45. The minimum atomic E-state index is 0.184. The van der Waals surface area contributed by atoms with Crippen molar-refractivity contribution >= 4 is 38.6 Å². The summed E-state index contributed by atoms with van der Waals surface area (Å²) in [5.74, 6) is 0.184. The van der Waals surface area contributed by atoms with Gasteiger partial charge in [0.05, 0.1) is 17.0 Å². The number of morpholine rings is 1. The summed E-state index contributed by atoms with van der Waals surface area (Å²) in [6, 6.07) is 2.14. The van der Waals surface area contributed by atoms with Crippen molar-refractivity contribution in [2.75, 3.05) is 26.3 Å². The SMILES string of the molecule is O=C1C=C(N2CCOCC2)CC2=C1CC=C2c1csc(Br)c1. The molecule has 0 unspecified atom stereocenters. The van der Waals surface area contributed by atoms with Crippen molar-refractivity contribution in [3.63, 3.8) is 0 Å². The van der Waals surface area contributed by atoms with Crippen LogP contribution in [0.5, 0.6) is 0 Å². The zero-order valence-corrected chi connectivity index (χ0v) is 14.5. The van der Waals surface area contributed by atoms with E-state index in [0.717, 1.165) is 54.2 Å². The lowest BCUT2D eigenvalue weighted by atomic mass is 9.90. The first kappa shape index (κ1) is 14.4. The van der Waals surface area contributed by atoms with Crippen LogP contribution in [0.15, 0.2) is 44.2 Å². The summed E-state index contributed by atoms with van der Waals surface area (Å²) in [5.41, 5.74) is 5.81. The molecule has 114 valence electrons. The Hall–Kier alpha value is -1.17. The molecule has 1 aliphatic heterocycles. The van der Waals surface area contributed by atoms with Gasteiger partial charge >= 0.3 is 0 Å². The normalized spacial score (nSPS) is 21.9. The van der Waals surface area contributed by atoms with Crippen LogP contribution in [0.1, 0.15) is 18.4 Å². The number of nitrogens with zero attached hydrogens (tertiary/aromatic N) is 1. The number of hydrogen-bond acceptors (Lipinski definition) is 4. The molecule has 2 heterocycles. The van der Waals surface area contributed by atoms with Gasteiger partial charge in [0.15, 0.2) is 5.78 Å². The van der Waals surface area contributed by atoms with Gasteiger partial charge in [-0.05, 0) is 50.5 Å². The average molecular weight is 378 g/mol. The Bertz CT molecular complexity index is 723. The van der Waals surface area contributed by atoms with Gasteiger partial charge in [0.1, 0.15) is 0 Å². The summed E-state index contributed by atoms with van der Waals surface area (Å²) < 4.78 is 6.54. The molecule has 0 aromatic carbocycles. The summed E-state index contributed by atoms with van der Waals surface area (Å²) >= 11 is 5.22. The van der Waals surface area contributed by atoms with Crippen LogP contribution in [0, 0.1) is 0 Å². The molecule has 2 aliphatic carbocycles. The van der Waals surface area contributed by atoms with Crippen LogP contribution in [-0.2, 0) is 9.53 Å². The highest BCUT2D eigenvalue weighted by Crippen LogP contribution is 2.42. The number of ether oxygens (including phenoxy) is 1. The van der Waals surface area contributed by atoms with Gasteiger partial charge in [-0.25, -0.2) is 0 Å². The maximum atomic E-state index is 12.5. The number of rotatable bonds is 2. The molecule has 0 atom stereocenters. The molecule has 5 heteroatoms. The van der Waals surface area contributed by atoms with Crippen LogP contribution >= 0.6 is 27.3 Å². The first-order valence-corrected chi connectivity index (χ1v) is 9.14. The van der Waals surface area contributed by atoms with E-state index in [2.05, 4.69) is 38.4 Å². The number of carbonyl (C=O) groups excluding carboxylic acids is 1. The fourth-order valence-electron chi connectivity index (χ4n) is 3.33. The highest BCUT2D eigenvalue weighted by atomic mass is 79.9. The van der Waals surface area contributed by atoms with E-state index in [-0.39, 0.29) is 5.78 Å². The molecule has 3 nitrogen and oxygen atoms in total. The van der Waals surface area contributed by atoms with Crippen LogP contribution in [0.2, 0.25) is 0 Å². The molecule has 1 saturated heterocycles. The lowest BCUT2D eigenvalue weighted by Crippen LogP contribution is -2.36. The zero-order valence-electron chi connectivity index (χ0n) is 12.1. The summed E-state index contributed by atoms with van der Waals surface area (Å²) in [7, 11) is 0. The first-order valence-electron chi connectivity index (χ1n) is 7.47. The highest BCUT2D eigenvalue weighted by Gasteiger charge is 2.29. The second kappa shape index (κ2) is 5.80. The zero-order chi connectivity index (χ0) is 15.1. The van der Waals surface area contributed by atoms with Crippen LogP contribution < -0.4 is 0 Å². The van der Waals surface area contributed by atoms with Crippen molar-refractivity contribution in [1.29, 1.82) is 0 Å². The van der Waals surface area contributed by atoms with Crippen molar-refractivity contribution in [3.8, 4) is 0 Å². The lowest BCUT2D eigenvalue weighted by molar-refractivity contribution is -0.111. The molecule has 3 aliphatic rings. The predicted molar refractivity (Wildman–Crippen MR) is 91.7 cm³/mol. The molecule has 1 aromatic heterocycles. The first-order chi connectivity index (χ1) is 10.7. The van der Waals surface area contributed by atoms with Crippen LogP contribution in [0.4, 0.5) is 0 Å². The second-order valence-electron chi connectivity index (χ2n) is 5.69. The van der Waals surface area contributed by atoms with E-state index in [1.54, 1.807) is 11.3 Å². The summed E-state index contributed by atoms with van der Waals surface area (Å²) in [6.45, 7) is 3.25. The topological polar surface area (TPSA) is 29.5 Å². The van der Waals surface area contributed by atoms with Crippen molar-refractivity contribution < 1.29 is 9.53 Å². The Kier molecular flexibility index (Phi) is 3.80. The maximum absolute atomic E-state index is 12.5. The van der Waals surface area contributed by atoms with E-state index in [1.807, 2.05) is 6.08 Å². The van der Waals surface area contributed by atoms with E-state index in [0.29, 0.717) is 0 Å². The number of allylic oxidation sites excluding steroid dienone is 5. The average Bonchev–Trinajstić information content (AvgIpc) is 3.14. The molecule has 0 N–H and O–H groups in total. The summed E-state index contributed by atoms with van der Waals surface area (Å²) in [5, 5.41) is 2.16. The summed E-state index contributed by atoms with van der Waals surface area (Å²) in [6.07, 6.45) is 5.67. The standard InChI is InChI=1S/C17H16BrNO2S/c18-17-7-11(10-22-17)13-1-2-14-15(13)8-12(9-16(14)20)19-3-5-21-6-4-19/h1,7,9-10H,2-6,8H2. The molecule has 0 saturated carbocycles. The van der Waals surface area contributed by atoms with Crippen LogP contribution in [0.3, 0.4) is 0 Å². The maximum Gasteiger partial charge on any atom is 0.184 e. The minimum Gasteiger partial charge on any atom is -0.378 e. The molecule has 1 fully saturated rings. The van der Waals surface area contributed by atoms with Gasteiger partial charge in [0.25, 0.3) is 0 Å². The Morgan fingerprint density at radius 1 is 1.23 bits per heavy atom. The van der Waals surface area contributed by atoms with E-state index in [1.165, 1.54) is 16.7 Å². The molecule has 0 spiro atoms. The largest absolute Gasteiger partial charge is 0.378 e. The Morgan fingerprint density at radius 3 is 2.77 bits per heavy atom. The molecule has 0 amide bonds. The van der Waals surface area contributed by atoms with E-state index in [9.17, 15) is 4.79 Å². The van der Waals surface area contributed by atoms with Crippen molar-refractivity contribution in [3.05, 3.63) is 49.8 Å². The van der Waals surface area contributed by atoms with Gasteiger partial charge in [-0.3, -0.25) is 4.79 Å². The fourth-order valence-corrected chi connectivity index (χ4v) is 4.49. The number of carbonyl (C=O) groups is 1. The number of halogens is 1. The van der Waals surface area contributed by atoms with Gasteiger partial charge in [-0.1, -0.05) is 6.08 Å². The van der Waals surface area contributed by atoms with Gasteiger partial charge < -0.3 is 9.64 Å². The Morgan fingerprint density at radius 2 is 2.05 bits per heavy atom. The minimum absolute atomic E-state index is 0.184. The Balaban J connectivity index is 1.62. The smallest absolute Gasteiger partial charge is 0.184 e. The predicted octanol–water partition coefficient (Wildman–Crippen LogP) is 3.78. The lowest BCUT2D eigenvalue weighted by Gasteiger charge is -2.33. The van der Waals surface area contributed by atoms with Crippen molar-refractivity contribution in [2.45, 2.75) is 12.8 Å². The van der Waals surface area contributed by atoms with Gasteiger partial charge in [0.2, 0.25) is 0 Å². The molecule has 4 rings (SSSR count). The van der Waals surface area contributed by atoms with Crippen molar-refractivity contribution in [1.82, 2.24) is 4.90 Å². The third-order valence-corrected chi connectivity index (χ3v) is 5.95. The number of hydrogen-bond donors (Lipinski definition) is 0. The molecule has 0 radical (unpaired) electrons. The number of thiophene rings is 1. The van der Waals surface area contributed by atoms with Gasteiger partial charge in [-0.15, -0.1) is 11.3 Å². The number of ketones is 1. The van der Waals surface area contributed by atoms with Crippen LogP contribution in [0.25, 0.3) is 5.57 Å². The second-order valence-corrected chi connectivity index (χ2v) is 7.99. The van der Waals surface area contributed by atoms with Crippen molar-refractivity contribution in [2.24, 2.45) is 0 Å². The fraction of sp³-hybridized carbons (Fsp3) is 0.353. The highest BCUT2D eigenvalue weighted by molar-refractivity contribution is 9.11. The quantitative estimate of drug-likeness (QED) is 0.785. The molecule has 1 aromatic rings. The molecular weight excluding hydrogens is 362 g/mol. The Labute approximate surface area is 142 Å². The summed E-state index contributed by atoms with van der Waals surface area (Å²) in [4.78, 5) is 14.8.